The van der Waals surface area contributed by atoms with Crippen molar-refractivity contribution in [2.75, 3.05) is 45.1 Å². The second-order valence-corrected chi connectivity index (χ2v) is 7.18. The van der Waals surface area contributed by atoms with E-state index < -0.39 is 0 Å². The molecule has 1 aliphatic rings. The van der Waals surface area contributed by atoms with Crippen LogP contribution in [0.1, 0.15) is 26.5 Å². The van der Waals surface area contributed by atoms with E-state index in [0.29, 0.717) is 17.1 Å². The zero-order valence-corrected chi connectivity index (χ0v) is 15.3. The molecule has 24 heavy (non-hydrogen) atoms. The van der Waals surface area contributed by atoms with Gasteiger partial charge in [-0.05, 0) is 31.9 Å². The molecule has 0 bridgehead atoms. The van der Waals surface area contributed by atoms with Gasteiger partial charge in [0.1, 0.15) is 9.71 Å². The van der Waals surface area contributed by atoms with Crippen LogP contribution in [0.2, 0.25) is 0 Å². The Labute approximate surface area is 146 Å². The number of carbonyl (C=O) groups excluding carboxylic acids is 1. The Balaban J connectivity index is 1.73. The lowest BCUT2D eigenvalue weighted by atomic mass is 10.1. The predicted octanol–water partition coefficient (Wildman–Crippen LogP) is 1.87. The van der Waals surface area contributed by atoms with Gasteiger partial charge in [0.05, 0.1) is 18.9 Å². The number of nitrogen functional groups attached to an aromatic ring is 1. The summed E-state index contributed by atoms with van der Waals surface area (Å²) in [4.78, 5) is 20.8. The van der Waals surface area contributed by atoms with Crippen LogP contribution in [0.5, 0.6) is 0 Å². The van der Waals surface area contributed by atoms with Gasteiger partial charge in [0.25, 0.3) is 5.91 Å². The zero-order valence-electron chi connectivity index (χ0n) is 14.4. The maximum atomic E-state index is 12.5. The van der Waals surface area contributed by atoms with Gasteiger partial charge < -0.3 is 15.8 Å². The number of fused-ring (bicyclic) bond motifs is 1. The number of carbonyl (C=O) groups is 1. The molecule has 3 heterocycles. The van der Waals surface area contributed by atoms with Crippen LogP contribution in [-0.4, -0.2) is 55.2 Å². The lowest BCUT2D eigenvalue weighted by Gasteiger charge is -2.26. The highest BCUT2D eigenvalue weighted by molar-refractivity contribution is 7.21. The van der Waals surface area contributed by atoms with Crippen molar-refractivity contribution >= 4 is 33.1 Å². The number of ether oxygens (including phenoxy) is 1. The number of aromatic nitrogens is 1. The number of aryl methyl sites for hydroxylation is 2. The Hall–Kier alpha value is -1.70. The van der Waals surface area contributed by atoms with Crippen LogP contribution < -0.4 is 11.1 Å². The third-order valence-corrected chi connectivity index (χ3v) is 5.80. The Bertz CT molecular complexity index is 766. The number of nitrogens with one attached hydrogen (secondary N) is 1. The number of pyridine rings is 1. The van der Waals surface area contributed by atoms with Gasteiger partial charge in [-0.15, -0.1) is 11.3 Å². The fraction of sp³-hybridized carbons (Fsp3) is 0.529. The van der Waals surface area contributed by atoms with Gasteiger partial charge in [0.15, 0.2) is 0 Å². The van der Waals surface area contributed by atoms with E-state index in [-0.39, 0.29) is 5.91 Å². The molecule has 3 N–H and O–H groups in total. The van der Waals surface area contributed by atoms with E-state index in [4.69, 9.17) is 10.5 Å². The third-order valence-electron chi connectivity index (χ3n) is 4.70. The predicted molar refractivity (Wildman–Crippen MR) is 97.8 cm³/mol. The molecule has 0 saturated carbocycles. The van der Waals surface area contributed by atoms with Gasteiger partial charge in [0, 0.05) is 37.3 Å². The minimum atomic E-state index is -0.113. The topological polar surface area (TPSA) is 80.5 Å². The molecular weight excluding hydrogens is 324 g/mol. The van der Waals surface area contributed by atoms with Crippen LogP contribution in [0.3, 0.4) is 0 Å². The molecule has 0 spiro atoms. The average molecular weight is 348 g/mol. The van der Waals surface area contributed by atoms with Crippen LogP contribution in [0.25, 0.3) is 10.2 Å². The van der Waals surface area contributed by atoms with E-state index >= 15 is 0 Å². The highest BCUT2D eigenvalue weighted by Crippen LogP contribution is 2.36. The van der Waals surface area contributed by atoms with Crippen LogP contribution in [-0.2, 0) is 4.74 Å². The summed E-state index contributed by atoms with van der Waals surface area (Å²) in [6, 6.07) is 0. The van der Waals surface area contributed by atoms with E-state index in [1.165, 1.54) is 11.3 Å². The van der Waals surface area contributed by atoms with E-state index in [1.54, 1.807) is 0 Å². The standard InChI is InChI=1S/C17H24N4O2S/c1-10-11(2)13-14(18)15(24-17(13)20-12(10)3)16(22)19-4-5-21-6-8-23-9-7-21/h4-9,18H2,1-3H3,(H,19,22). The summed E-state index contributed by atoms with van der Waals surface area (Å²) < 4.78 is 5.33. The molecular formula is C17H24N4O2S. The number of rotatable bonds is 4. The second kappa shape index (κ2) is 7.04. The van der Waals surface area contributed by atoms with Gasteiger partial charge in [-0.1, -0.05) is 0 Å². The molecule has 1 amide bonds. The van der Waals surface area contributed by atoms with E-state index in [9.17, 15) is 4.79 Å². The van der Waals surface area contributed by atoms with E-state index in [0.717, 1.165) is 59.9 Å². The van der Waals surface area contributed by atoms with Gasteiger partial charge in [0.2, 0.25) is 0 Å². The fourth-order valence-electron chi connectivity index (χ4n) is 2.97. The smallest absolute Gasteiger partial charge is 0.263 e. The number of morpholine rings is 1. The summed E-state index contributed by atoms with van der Waals surface area (Å²) >= 11 is 1.37. The second-order valence-electron chi connectivity index (χ2n) is 6.18. The molecule has 0 unspecified atom stereocenters. The number of amides is 1. The number of anilines is 1. The first kappa shape index (κ1) is 17.1. The average Bonchev–Trinajstić information content (AvgIpc) is 2.90. The lowest BCUT2D eigenvalue weighted by Crippen LogP contribution is -2.41. The Morgan fingerprint density at radius 2 is 2.00 bits per heavy atom. The monoisotopic (exact) mass is 348 g/mol. The van der Waals surface area contributed by atoms with Crippen molar-refractivity contribution in [2.24, 2.45) is 0 Å². The molecule has 1 saturated heterocycles. The van der Waals surface area contributed by atoms with Gasteiger partial charge in [-0.2, -0.15) is 0 Å². The first-order chi connectivity index (χ1) is 11.5. The van der Waals surface area contributed by atoms with Gasteiger partial charge >= 0.3 is 0 Å². The summed E-state index contributed by atoms with van der Waals surface area (Å²) in [5, 5.41) is 3.90. The van der Waals surface area contributed by atoms with Gasteiger partial charge in [-0.25, -0.2) is 4.98 Å². The molecule has 2 aromatic rings. The molecule has 1 aliphatic heterocycles. The highest BCUT2D eigenvalue weighted by Gasteiger charge is 2.20. The van der Waals surface area contributed by atoms with E-state index in [1.807, 2.05) is 20.8 Å². The van der Waals surface area contributed by atoms with Crippen molar-refractivity contribution < 1.29 is 9.53 Å². The van der Waals surface area contributed by atoms with Crippen molar-refractivity contribution in [3.63, 3.8) is 0 Å². The fourth-order valence-corrected chi connectivity index (χ4v) is 4.09. The first-order valence-electron chi connectivity index (χ1n) is 8.23. The van der Waals surface area contributed by atoms with Crippen molar-refractivity contribution in [3.8, 4) is 0 Å². The Morgan fingerprint density at radius 1 is 1.29 bits per heavy atom. The molecule has 7 heteroatoms. The molecule has 0 radical (unpaired) electrons. The maximum absolute atomic E-state index is 12.5. The maximum Gasteiger partial charge on any atom is 0.263 e. The third kappa shape index (κ3) is 3.24. The molecule has 3 rings (SSSR count). The molecule has 1 fully saturated rings. The van der Waals surface area contributed by atoms with Crippen LogP contribution in [0.15, 0.2) is 0 Å². The molecule has 0 atom stereocenters. The normalized spacial score (nSPS) is 15.8. The minimum absolute atomic E-state index is 0.113. The SMILES string of the molecule is Cc1nc2sc(C(=O)NCCN3CCOCC3)c(N)c2c(C)c1C. The summed E-state index contributed by atoms with van der Waals surface area (Å²) in [6.07, 6.45) is 0. The largest absolute Gasteiger partial charge is 0.397 e. The number of nitrogens with zero attached hydrogens (tertiary/aromatic N) is 2. The molecule has 2 aromatic heterocycles. The molecule has 0 aliphatic carbocycles. The minimum Gasteiger partial charge on any atom is -0.397 e. The van der Waals surface area contributed by atoms with E-state index in [2.05, 4.69) is 15.2 Å². The van der Waals surface area contributed by atoms with Crippen molar-refractivity contribution in [1.82, 2.24) is 15.2 Å². The number of thiophene rings is 1. The number of hydrogen-bond acceptors (Lipinski definition) is 6. The summed E-state index contributed by atoms with van der Waals surface area (Å²) in [7, 11) is 0. The quantitative estimate of drug-likeness (QED) is 0.882. The van der Waals surface area contributed by atoms with Crippen molar-refractivity contribution in [3.05, 3.63) is 21.7 Å². The number of nitrogens with two attached hydrogens (primary N) is 1. The van der Waals surface area contributed by atoms with Crippen LogP contribution in [0, 0.1) is 20.8 Å². The summed E-state index contributed by atoms with van der Waals surface area (Å²) in [6.45, 7) is 10.9. The summed E-state index contributed by atoms with van der Waals surface area (Å²) in [5.41, 5.74) is 10.0. The summed E-state index contributed by atoms with van der Waals surface area (Å²) in [5.74, 6) is -0.113. The zero-order chi connectivity index (χ0) is 17.3. The first-order valence-corrected chi connectivity index (χ1v) is 9.04. The Kier molecular flexibility index (Phi) is 5.03. The Morgan fingerprint density at radius 3 is 2.71 bits per heavy atom. The lowest BCUT2D eigenvalue weighted by molar-refractivity contribution is 0.0383. The molecule has 0 aromatic carbocycles. The number of hydrogen-bond donors (Lipinski definition) is 2. The molecule has 130 valence electrons. The molecule has 6 nitrogen and oxygen atoms in total. The van der Waals surface area contributed by atoms with Crippen molar-refractivity contribution in [2.45, 2.75) is 20.8 Å². The van der Waals surface area contributed by atoms with Gasteiger partial charge in [-0.3, -0.25) is 9.69 Å². The van der Waals surface area contributed by atoms with Crippen LogP contribution >= 0.6 is 11.3 Å². The highest BCUT2D eigenvalue weighted by atomic mass is 32.1. The van der Waals surface area contributed by atoms with Crippen LogP contribution in [0.4, 0.5) is 5.69 Å². The van der Waals surface area contributed by atoms with Crippen molar-refractivity contribution in [1.29, 1.82) is 0 Å².